The molecule has 0 bridgehead atoms. The fraction of sp³-hybridized carbons (Fsp3) is 0.438. The first-order valence-electron chi connectivity index (χ1n) is 8.23. The predicted molar refractivity (Wildman–Crippen MR) is 119 cm³/mol. The van der Waals surface area contributed by atoms with Gasteiger partial charge in [0.15, 0.2) is 5.96 Å². The van der Waals surface area contributed by atoms with Crippen molar-refractivity contribution in [1.29, 1.82) is 0 Å². The molecule has 2 heterocycles. The van der Waals surface area contributed by atoms with Crippen LogP contribution in [0.15, 0.2) is 35.7 Å². The maximum atomic E-state index is 6.07. The highest BCUT2D eigenvalue weighted by Crippen LogP contribution is 2.21. The molecule has 2 aromatic rings. The summed E-state index contributed by atoms with van der Waals surface area (Å²) in [6.45, 7) is 5.78. The molecule has 144 valence electrons. The van der Waals surface area contributed by atoms with Gasteiger partial charge in [-0.25, -0.2) is 4.98 Å². The van der Waals surface area contributed by atoms with Gasteiger partial charge < -0.3 is 16.0 Å². The Bertz CT molecular complexity index is 665. The van der Waals surface area contributed by atoms with E-state index in [1.807, 2.05) is 23.9 Å². The highest BCUT2D eigenvalue weighted by molar-refractivity contribution is 14.0. The zero-order valence-corrected chi connectivity index (χ0v) is 18.4. The number of guanidine groups is 1. The zero-order valence-electron chi connectivity index (χ0n) is 14.6. The molecule has 7 nitrogen and oxygen atoms in total. The van der Waals surface area contributed by atoms with Gasteiger partial charge in [0.25, 0.3) is 0 Å². The van der Waals surface area contributed by atoms with Crippen molar-refractivity contribution in [3.63, 3.8) is 0 Å². The third-order valence-corrected chi connectivity index (χ3v) is 3.73. The second-order valence-electron chi connectivity index (χ2n) is 5.22. The molecule has 3 N–H and O–H groups in total. The number of aliphatic imine (C=N–C) groups is 1. The maximum Gasteiger partial charge on any atom is 0.191 e. The molecule has 2 rings (SSSR count). The molecule has 0 aliphatic rings. The number of pyridine rings is 1. The van der Waals surface area contributed by atoms with E-state index in [0.717, 1.165) is 32.0 Å². The topological polar surface area (TPSA) is 79.2 Å². The van der Waals surface area contributed by atoms with Gasteiger partial charge >= 0.3 is 0 Å². The van der Waals surface area contributed by atoms with Crippen LogP contribution in [-0.2, 0) is 6.54 Å². The summed E-state index contributed by atoms with van der Waals surface area (Å²) in [6, 6.07) is 3.58. The van der Waals surface area contributed by atoms with E-state index >= 15 is 0 Å². The van der Waals surface area contributed by atoms with Crippen molar-refractivity contribution in [3.8, 4) is 0 Å². The molecule has 0 aliphatic heterocycles. The average Bonchev–Trinajstić information content (AvgIpc) is 3.10. The number of rotatable bonds is 9. The van der Waals surface area contributed by atoms with Crippen molar-refractivity contribution >= 4 is 59.0 Å². The number of nitrogens with one attached hydrogen (secondary N) is 3. The van der Waals surface area contributed by atoms with E-state index in [9.17, 15) is 0 Å². The number of nitrogens with zero attached hydrogens (tertiary/aromatic N) is 4. The number of hydrogen-bond acceptors (Lipinski definition) is 4. The standard InChI is InChI=1S/C16H23Cl2N7.HI/c1-2-19-16(21-5-3-9-25-10-4-6-24-25)22-8-7-20-15-14(18)11-13(17)12-23-15;/h4,6,10-12H,2-3,5,7-9H2,1H3,(H,20,23)(H2,19,21,22);1H. The van der Waals surface area contributed by atoms with Crippen molar-refractivity contribution in [1.82, 2.24) is 25.4 Å². The van der Waals surface area contributed by atoms with E-state index in [1.165, 1.54) is 0 Å². The van der Waals surface area contributed by atoms with E-state index in [4.69, 9.17) is 23.2 Å². The molecule has 0 amide bonds. The van der Waals surface area contributed by atoms with Gasteiger partial charge in [-0.3, -0.25) is 9.67 Å². The molecule has 0 radical (unpaired) electrons. The first-order valence-corrected chi connectivity index (χ1v) is 8.99. The van der Waals surface area contributed by atoms with Crippen LogP contribution in [0.1, 0.15) is 13.3 Å². The normalized spacial score (nSPS) is 11.0. The molecular formula is C16H24Cl2IN7. The molecule has 0 saturated heterocycles. The minimum atomic E-state index is 0. The molecule has 10 heteroatoms. The smallest absolute Gasteiger partial charge is 0.191 e. The number of anilines is 1. The fourth-order valence-corrected chi connectivity index (χ4v) is 2.55. The number of halogens is 3. The summed E-state index contributed by atoms with van der Waals surface area (Å²) in [5, 5.41) is 14.9. The third-order valence-electron chi connectivity index (χ3n) is 3.24. The van der Waals surface area contributed by atoms with Crippen LogP contribution in [0.5, 0.6) is 0 Å². The molecule has 0 fully saturated rings. The highest BCUT2D eigenvalue weighted by atomic mass is 127. The van der Waals surface area contributed by atoms with Crippen molar-refractivity contribution in [3.05, 3.63) is 40.8 Å². The molecule has 0 atom stereocenters. The molecule has 0 unspecified atom stereocenters. The lowest BCUT2D eigenvalue weighted by Gasteiger charge is -2.12. The van der Waals surface area contributed by atoms with E-state index in [1.54, 1.807) is 18.5 Å². The Balaban J connectivity index is 0.00000338. The maximum absolute atomic E-state index is 6.07. The van der Waals surface area contributed by atoms with Gasteiger partial charge in [-0.15, -0.1) is 24.0 Å². The van der Waals surface area contributed by atoms with Crippen LogP contribution < -0.4 is 16.0 Å². The minimum absolute atomic E-state index is 0. The summed E-state index contributed by atoms with van der Waals surface area (Å²) >= 11 is 11.9. The van der Waals surface area contributed by atoms with Gasteiger partial charge in [0.05, 0.1) is 10.0 Å². The summed E-state index contributed by atoms with van der Waals surface area (Å²) in [6.07, 6.45) is 6.23. The van der Waals surface area contributed by atoms with Crippen molar-refractivity contribution in [2.45, 2.75) is 19.9 Å². The van der Waals surface area contributed by atoms with Gasteiger partial charge in [0.1, 0.15) is 5.82 Å². The van der Waals surface area contributed by atoms with Crippen molar-refractivity contribution in [2.75, 3.05) is 31.5 Å². The Labute approximate surface area is 181 Å². The van der Waals surface area contributed by atoms with Gasteiger partial charge in [0, 0.05) is 51.3 Å². The lowest BCUT2D eigenvalue weighted by molar-refractivity contribution is 0.584. The summed E-state index contributed by atoms with van der Waals surface area (Å²) in [5.41, 5.74) is 0. The summed E-state index contributed by atoms with van der Waals surface area (Å²) < 4.78 is 1.91. The molecule has 26 heavy (non-hydrogen) atoms. The minimum Gasteiger partial charge on any atom is -0.367 e. The van der Waals surface area contributed by atoms with E-state index in [2.05, 4.69) is 31.0 Å². The van der Waals surface area contributed by atoms with Gasteiger partial charge in [-0.1, -0.05) is 23.2 Å². The van der Waals surface area contributed by atoms with Gasteiger partial charge in [-0.2, -0.15) is 5.10 Å². The lowest BCUT2D eigenvalue weighted by atomic mass is 10.4. The van der Waals surface area contributed by atoms with Crippen molar-refractivity contribution in [2.24, 2.45) is 4.99 Å². The fourth-order valence-electron chi connectivity index (χ4n) is 2.10. The Morgan fingerprint density at radius 2 is 2.12 bits per heavy atom. The SMILES string of the molecule is CCNC(=NCCCn1cccn1)NCCNc1ncc(Cl)cc1Cl.I. The summed E-state index contributed by atoms with van der Waals surface area (Å²) in [5.74, 6) is 1.41. The molecule has 0 aromatic carbocycles. The van der Waals surface area contributed by atoms with Crippen LogP contribution in [0.2, 0.25) is 10.0 Å². The first kappa shape index (κ1) is 22.8. The van der Waals surface area contributed by atoms with Crippen LogP contribution in [0.25, 0.3) is 0 Å². The van der Waals surface area contributed by atoms with E-state index in [0.29, 0.717) is 29.0 Å². The Kier molecular flexibility index (Phi) is 11.4. The van der Waals surface area contributed by atoms with Crippen LogP contribution in [0.4, 0.5) is 5.82 Å². The zero-order chi connectivity index (χ0) is 17.9. The van der Waals surface area contributed by atoms with Crippen LogP contribution in [0.3, 0.4) is 0 Å². The van der Waals surface area contributed by atoms with Gasteiger partial charge in [-0.05, 0) is 25.5 Å². The Morgan fingerprint density at radius 3 is 2.81 bits per heavy atom. The van der Waals surface area contributed by atoms with Crippen LogP contribution in [-0.4, -0.2) is 46.9 Å². The number of hydrogen-bond donors (Lipinski definition) is 3. The Morgan fingerprint density at radius 1 is 1.27 bits per heavy atom. The summed E-state index contributed by atoms with van der Waals surface area (Å²) in [7, 11) is 0. The van der Waals surface area contributed by atoms with Gasteiger partial charge in [0.2, 0.25) is 0 Å². The quantitative estimate of drug-likeness (QED) is 0.208. The molecular weight excluding hydrogens is 488 g/mol. The molecule has 0 saturated carbocycles. The second kappa shape index (κ2) is 13.0. The Hall–Kier alpha value is -1.26. The molecule has 0 spiro atoms. The van der Waals surface area contributed by atoms with Crippen molar-refractivity contribution < 1.29 is 0 Å². The number of aryl methyl sites for hydroxylation is 1. The predicted octanol–water partition coefficient (Wildman–Crippen LogP) is 3.26. The average molecular weight is 512 g/mol. The largest absolute Gasteiger partial charge is 0.367 e. The van der Waals surface area contributed by atoms with E-state index < -0.39 is 0 Å². The third kappa shape index (κ3) is 8.41. The first-order chi connectivity index (χ1) is 12.2. The highest BCUT2D eigenvalue weighted by Gasteiger charge is 2.02. The summed E-state index contributed by atoms with van der Waals surface area (Å²) in [4.78, 5) is 8.71. The monoisotopic (exact) mass is 511 g/mol. The van der Waals surface area contributed by atoms with Crippen LogP contribution >= 0.6 is 47.2 Å². The second-order valence-corrected chi connectivity index (χ2v) is 6.06. The van der Waals surface area contributed by atoms with E-state index in [-0.39, 0.29) is 24.0 Å². The molecule has 2 aromatic heterocycles. The molecule has 0 aliphatic carbocycles. The van der Waals surface area contributed by atoms with Crippen LogP contribution in [0, 0.1) is 0 Å². The number of aromatic nitrogens is 3. The lowest BCUT2D eigenvalue weighted by Crippen LogP contribution is -2.39.